The maximum atomic E-state index is 13.0. The maximum absolute atomic E-state index is 13.0. The fourth-order valence-corrected chi connectivity index (χ4v) is 0.925. The van der Waals surface area contributed by atoms with E-state index in [1.165, 1.54) is 6.07 Å². The van der Waals surface area contributed by atoms with Crippen molar-refractivity contribution in [2.45, 2.75) is 19.9 Å². The second kappa shape index (κ2) is 4.60. The lowest BCUT2D eigenvalue weighted by Crippen LogP contribution is -2.09. The third-order valence-corrected chi connectivity index (χ3v) is 1.77. The van der Waals surface area contributed by atoms with E-state index in [-0.39, 0.29) is 5.82 Å². The third kappa shape index (κ3) is 2.86. The Kier molecular flexibility index (Phi) is 3.43. The second-order valence-electron chi connectivity index (χ2n) is 2.75. The van der Waals surface area contributed by atoms with E-state index in [1.807, 2.05) is 6.92 Å². The van der Waals surface area contributed by atoms with E-state index in [9.17, 15) is 4.39 Å². The van der Waals surface area contributed by atoms with Crippen LogP contribution in [-0.2, 0) is 6.54 Å². The Morgan fingerprint density at radius 3 is 2.77 bits per heavy atom. The molecule has 1 aromatic rings. The molecule has 0 aromatic heterocycles. The molecule has 0 bridgehead atoms. The monoisotopic (exact) mass is 180 g/mol. The molecule has 0 aliphatic heterocycles. The summed E-state index contributed by atoms with van der Waals surface area (Å²) < 4.78 is 13.0. The zero-order chi connectivity index (χ0) is 9.68. The van der Waals surface area contributed by atoms with Gasteiger partial charge in [0, 0.05) is 12.0 Å². The Morgan fingerprint density at radius 2 is 2.15 bits per heavy atom. The van der Waals surface area contributed by atoms with Crippen LogP contribution in [0.25, 0.3) is 0 Å². The molecular formula is C10H13FN2. The molecule has 13 heavy (non-hydrogen) atoms. The number of halogens is 1. The number of benzene rings is 1. The van der Waals surface area contributed by atoms with Crippen LogP contribution in [0.5, 0.6) is 0 Å². The maximum Gasteiger partial charge on any atom is 0.128 e. The average molecular weight is 180 g/mol. The lowest BCUT2D eigenvalue weighted by atomic mass is 10.2. The molecule has 0 aliphatic carbocycles. The highest BCUT2D eigenvalue weighted by atomic mass is 19.1. The molecule has 3 heteroatoms. The summed E-state index contributed by atoms with van der Waals surface area (Å²) >= 11 is 0. The summed E-state index contributed by atoms with van der Waals surface area (Å²) in [5, 5.41) is 0. The molecule has 1 aromatic carbocycles. The van der Waals surface area contributed by atoms with E-state index in [4.69, 9.17) is 5.73 Å². The molecule has 0 radical (unpaired) electrons. The molecule has 1 rings (SSSR count). The Morgan fingerprint density at radius 1 is 1.46 bits per heavy atom. The number of nitrogens with zero attached hydrogens (tertiary/aromatic N) is 1. The van der Waals surface area contributed by atoms with E-state index in [2.05, 4.69) is 4.99 Å². The van der Waals surface area contributed by atoms with Crippen LogP contribution in [0.15, 0.2) is 29.3 Å². The highest BCUT2D eigenvalue weighted by Gasteiger charge is 1.98. The van der Waals surface area contributed by atoms with Crippen LogP contribution in [-0.4, -0.2) is 5.84 Å². The first-order valence-corrected chi connectivity index (χ1v) is 4.26. The van der Waals surface area contributed by atoms with Crippen molar-refractivity contribution in [3.63, 3.8) is 0 Å². The Labute approximate surface area is 77.3 Å². The number of hydrogen-bond donors (Lipinski definition) is 1. The fourth-order valence-electron chi connectivity index (χ4n) is 0.925. The second-order valence-corrected chi connectivity index (χ2v) is 2.75. The van der Waals surface area contributed by atoms with Crippen molar-refractivity contribution in [2.24, 2.45) is 10.7 Å². The van der Waals surface area contributed by atoms with Crippen molar-refractivity contribution < 1.29 is 4.39 Å². The van der Waals surface area contributed by atoms with Crippen molar-refractivity contribution in [3.05, 3.63) is 35.6 Å². The van der Waals surface area contributed by atoms with Crippen LogP contribution in [0, 0.1) is 5.82 Å². The first-order chi connectivity index (χ1) is 6.24. The van der Waals surface area contributed by atoms with Gasteiger partial charge in [-0.1, -0.05) is 25.1 Å². The molecule has 70 valence electrons. The highest BCUT2D eigenvalue weighted by Crippen LogP contribution is 2.07. The summed E-state index contributed by atoms with van der Waals surface area (Å²) in [5.74, 6) is 0.332. The minimum absolute atomic E-state index is 0.227. The van der Waals surface area contributed by atoms with Crippen molar-refractivity contribution >= 4 is 5.84 Å². The summed E-state index contributed by atoms with van der Waals surface area (Å²) in [4.78, 5) is 4.03. The lowest BCUT2D eigenvalue weighted by Gasteiger charge is -1.99. The first-order valence-electron chi connectivity index (χ1n) is 4.26. The van der Waals surface area contributed by atoms with Gasteiger partial charge in [-0.3, -0.25) is 4.99 Å². The van der Waals surface area contributed by atoms with Crippen molar-refractivity contribution in [2.75, 3.05) is 0 Å². The van der Waals surface area contributed by atoms with E-state index < -0.39 is 0 Å². The van der Waals surface area contributed by atoms with Crippen LogP contribution in [0.2, 0.25) is 0 Å². The molecule has 0 aliphatic rings. The van der Waals surface area contributed by atoms with Crippen molar-refractivity contribution in [1.29, 1.82) is 0 Å². The van der Waals surface area contributed by atoms with Gasteiger partial charge >= 0.3 is 0 Å². The Hall–Kier alpha value is -1.38. The summed E-state index contributed by atoms with van der Waals surface area (Å²) in [7, 11) is 0. The number of nitrogens with two attached hydrogens (primary N) is 1. The highest BCUT2D eigenvalue weighted by molar-refractivity contribution is 5.79. The van der Waals surface area contributed by atoms with Crippen LogP contribution in [0.3, 0.4) is 0 Å². The van der Waals surface area contributed by atoms with E-state index in [0.29, 0.717) is 24.4 Å². The molecule has 0 saturated heterocycles. The molecule has 2 N–H and O–H groups in total. The van der Waals surface area contributed by atoms with Crippen LogP contribution < -0.4 is 5.73 Å². The summed E-state index contributed by atoms with van der Waals surface area (Å²) in [6.07, 6.45) is 0.703. The van der Waals surface area contributed by atoms with Crippen LogP contribution in [0.1, 0.15) is 18.9 Å². The van der Waals surface area contributed by atoms with Gasteiger partial charge in [0.05, 0.1) is 12.4 Å². The standard InChI is InChI=1S/C10H13FN2/c1-2-10(12)13-7-8-5-3-4-6-9(8)11/h3-6H,2,7H2,1H3,(H2,12,13). The van der Waals surface area contributed by atoms with E-state index in [0.717, 1.165) is 0 Å². The number of hydrogen-bond acceptors (Lipinski definition) is 1. The zero-order valence-corrected chi connectivity index (χ0v) is 7.63. The minimum Gasteiger partial charge on any atom is -0.387 e. The number of amidine groups is 1. The zero-order valence-electron chi connectivity index (χ0n) is 7.63. The SMILES string of the molecule is CCC(N)=NCc1ccccc1F. The van der Waals surface area contributed by atoms with Crippen molar-refractivity contribution in [3.8, 4) is 0 Å². The van der Waals surface area contributed by atoms with Crippen molar-refractivity contribution in [1.82, 2.24) is 0 Å². The third-order valence-electron chi connectivity index (χ3n) is 1.77. The molecule has 0 amide bonds. The van der Waals surface area contributed by atoms with Gasteiger partial charge in [-0.2, -0.15) is 0 Å². The summed E-state index contributed by atoms with van der Waals surface area (Å²) in [5.41, 5.74) is 6.08. The molecule has 0 saturated carbocycles. The fraction of sp³-hybridized carbons (Fsp3) is 0.300. The summed E-state index contributed by atoms with van der Waals surface area (Å²) in [6, 6.07) is 6.58. The largest absolute Gasteiger partial charge is 0.387 e. The Balaban J connectivity index is 2.70. The van der Waals surface area contributed by atoms with Gasteiger partial charge < -0.3 is 5.73 Å². The van der Waals surface area contributed by atoms with Crippen LogP contribution >= 0.6 is 0 Å². The molecule has 0 fully saturated rings. The average Bonchev–Trinajstić information content (AvgIpc) is 2.16. The van der Waals surface area contributed by atoms with Gasteiger partial charge in [0.2, 0.25) is 0 Å². The predicted octanol–water partition coefficient (Wildman–Crippen LogP) is 2.09. The van der Waals surface area contributed by atoms with E-state index in [1.54, 1.807) is 18.2 Å². The molecule has 0 atom stereocenters. The van der Waals surface area contributed by atoms with Gasteiger partial charge in [-0.25, -0.2) is 4.39 Å². The van der Waals surface area contributed by atoms with Gasteiger partial charge in [-0.05, 0) is 6.07 Å². The van der Waals surface area contributed by atoms with Gasteiger partial charge in [0.1, 0.15) is 5.82 Å². The normalized spacial score (nSPS) is 11.7. The van der Waals surface area contributed by atoms with E-state index >= 15 is 0 Å². The number of aliphatic imine (C=N–C) groups is 1. The molecule has 0 unspecified atom stereocenters. The molecule has 0 spiro atoms. The quantitative estimate of drug-likeness (QED) is 0.561. The minimum atomic E-state index is -0.227. The van der Waals surface area contributed by atoms with Gasteiger partial charge in [0.25, 0.3) is 0 Å². The Bertz CT molecular complexity index is 308. The van der Waals surface area contributed by atoms with Gasteiger partial charge in [-0.15, -0.1) is 0 Å². The van der Waals surface area contributed by atoms with Gasteiger partial charge in [0.15, 0.2) is 0 Å². The predicted molar refractivity (Wildman–Crippen MR) is 52.0 cm³/mol. The summed E-state index contributed by atoms with van der Waals surface area (Å²) in [6.45, 7) is 2.24. The lowest BCUT2D eigenvalue weighted by molar-refractivity contribution is 0.610. The molecule has 0 heterocycles. The first kappa shape index (κ1) is 9.71. The molecular weight excluding hydrogens is 167 g/mol. The molecule has 2 nitrogen and oxygen atoms in total. The van der Waals surface area contributed by atoms with Crippen LogP contribution in [0.4, 0.5) is 4.39 Å². The smallest absolute Gasteiger partial charge is 0.128 e. The number of rotatable bonds is 3. The topological polar surface area (TPSA) is 38.4 Å².